The second-order valence-electron chi connectivity index (χ2n) is 14.5. The molecule has 0 heteroatoms. The Morgan fingerprint density at radius 2 is 1.06 bits per heavy atom. The van der Waals surface area contributed by atoms with Crippen LogP contribution in [0.1, 0.15) is 47.6 Å². The normalized spacial score (nSPS) is 17.1. The molecule has 49 heavy (non-hydrogen) atoms. The molecule has 1 unspecified atom stereocenters. The third-order valence-electron chi connectivity index (χ3n) is 11.5. The zero-order chi connectivity index (χ0) is 32.7. The zero-order valence-electron chi connectivity index (χ0n) is 27.9. The van der Waals surface area contributed by atoms with Gasteiger partial charge in [-0.3, -0.25) is 0 Å². The summed E-state index contributed by atoms with van der Waals surface area (Å²) in [4.78, 5) is 0. The first-order valence-electron chi connectivity index (χ1n) is 17.5. The van der Waals surface area contributed by atoms with E-state index >= 15 is 0 Å². The minimum absolute atomic E-state index is 0.00969. The van der Waals surface area contributed by atoms with Gasteiger partial charge in [-0.1, -0.05) is 172 Å². The van der Waals surface area contributed by atoms with Crippen LogP contribution < -0.4 is 0 Å². The largest absolute Gasteiger partial charge is 0.0759 e. The van der Waals surface area contributed by atoms with E-state index < -0.39 is 0 Å². The molecule has 6 aromatic rings. The minimum atomic E-state index is 0.00969. The van der Waals surface area contributed by atoms with Gasteiger partial charge < -0.3 is 0 Å². The molecule has 4 aliphatic carbocycles. The first-order valence-corrected chi connectivity index (χ1v) is 17.5. The highest BCUT2D eigenvalue weighted by Gasteiger charge is 2.35. The van der Waals surface area contributed by atoms with Crippen LogP contribution in [0.3, 0.4) is 0 Å². The van der Waals surface area contributed by atoms with Crippen molar-refractivity contribution in [2.24, 2.45) is 0 Å². The Hall–Kier alpha value is -5.72. The molecular formula is C49H36. The predicted octanol–water partition coefficient (Wildman–Crippen LogP) is 12.7. The predicted molar refractivity (Wildman–Crippen MR) is 207 cm³/mol. The van der Waals surface area contributed by atoms with Gasteiger partial charge in [0.05, 0.1) is 0 Å². The Morgan fingerprint density at radius 1 is 0.490 bits per heavy atom. The Bertz CT molecular complexity index is 2440. The molecule has 0 aromatic heterocycles. The summed E-state index contributed by atoms with van der Waals surface area (Å²) >= 11 is 0. The van der Waals surface area contributed by atoms with Crippen molar-refractivity contribution in [3.63, 3.8) is 0 Å². The molecule has 6 aromatic carbocycles. The van der Waals surface area contributed by atoms with Crippen molar-refractivity contribution in [2.75, 3.05) is 0 Å². The lowest BCUT2D eigenvalue weighted by Crippen LogP contribution is -2.18. The fourth-order valence-electron chi connectivity index (χ4n) is 8.83. The molecule has 0 amide bonds. The smallest absolute Gasteiger partial charge is 0.0345 e. The number of hydrogen-bond donors (Lipinski definition) is 0. The van der Waals surface area contributed by atoms with Gasteiger partial charge in [0.2, 0.25) is 0 Å². The summed E-state index contributed by atoms with van der Waals surface area (Å²) in [5.74, 6) is 0.382. The lowest BCUT2D eigenvalue weighted by atomic mass is 9.70. The van der Waals surface area contributed by atoms with Crippen LogP contribution in [0.2, 0.25) is 0 Å². The highest BCUT2D eigenvalue weighted by molar-refractivity contribution is 5.84. The van der Waals surface area contributed by atoms with Gasteiger partial charge in [0.25, 0.3) is 0 Å². The monoisotopic (exact) mass is 624 g/mol. The van der Waals surface area contributed by atoms with E-state index in [9.17, 15) is 0 Å². The second kappa shape index (κ2) is 10.6. The van der Waals surface area contributed by atoms with E-state index in [0.717, 1.165) is 6.42 Å². The maximum Gasteiger partial charge on any atom is 0.0345 e. The lowest BCUT2D eigenvalue weighted by molar-refractivity contribution is 0.660. The topological polar surface area (TPSA) is 0 Å². The van der Waals surface area contributed by atoms with Crippen LogP contribution in [-0.2, 0) is 11.8 Å². The summed E-state index contributed by atoms with van der Waals surface area (Å²) in [5.41, 5.74) is 22.9. The first-order chi connectivity index (χ1) is 24.0. The number of allylic oxidation sites excluding steroid dienone is 7. The van der Waals surface area contributed by atoms with E-state index in [1.165, 1.54) is 94.6 Å². The number of benzene rings is 6. The molecule has 0 N–H and O–H groups in total. The van der Waals surface area contributed by atoms with Crippen LogP contribution in [-0.4, -0.2) is 0 Å². The fraction of sp³-hybridized carbons (Fsp3) is 0.102. The van der Waals surface area contributed by atoms with E-state index in [1.807, 2.05) is 0 Å². The SMILES string of the molecule is CC1(C)c2ccccc2-c2ccc(-c3ccc(-c4ccc(-c5ccc(-c6ccc7c8c6CC=C6C=CC=C(C=C7)C68)cc5)cc4)cc3)cc21. The Balaban J connectivity index is 0.890. The molecule has 0 aliphatic heterocycles. The van der Waals surface area contributed by atoms with Crippen molar-refractivity contribution in [2.45, 2.75) is 31.6 Å². The maximum atomic E-state index is 2.43. The van der Waals surface area contributed by atoms with Gasteiger partial charge in [-0.25, -0.2) is 0 Å². The molecule has 232 valence electrons. The molecule has 0 saturated carbocycles. The molecule has 0 nitrogen and oxygen atoms in total. The molecule has 0 saturated heterocycles. The number of rotatable bonds is 4. The Labute approximate surface area is 289 Å². The Morgan fingerprint density at radius 3 is 1.76 bits per heavy atom. The fourth-order valence-corrected chi connectivity index (χ4v) is 8.83. The molecular weight excluding hydrogens is 589 g/mol. The molecule has 0 fully saturated rings. The van der Waals surface area contributed by atoms with Crippen LogP contribution in [0.4, 0.5) is 0 Å². The highest BCUT2D eigenvalue weighted by atomic mass is 14.4. The van der Waals surface area contributed by atoms with E-state index in [0.29, 0.717) is 5.92 Å². The summed E-state index contributed by atoms with van der Waals surface area (Å²) in [6.07, 6.45) is 14.8. The third-order valence-corrected chi connectivity index (χ3v) is 11.5. The first kappa shape index (κ1) is 28.3. The third kappa shape index (κ3) is 4.37. The van der Waals surface area contributed by atoms with E-state index in [2.05, 4.69) is 178 Å². The highest BCUT2D eigenvalue weighted by Crippen LogP contribution is 2.50. The van der Waals surface area contributed by atoms with Crippen LogP contribution >= 0.6 is 0 Å². The van der Waals surface area contributed by atoms with Crippen LogP contribution in [0.5, 0.6) is 0 Å². The van der Waals surface area contributed by atoms with Gasteiger partial charge >= 0.3 is 0 Å². The van der Waals surface area contributed by atoms with Crippen molar-refractivity contribution in [3.8, 4) is 55.6 Å². The van der Waals surface area contributed by atoms with Crippen molar-refractivity contribution in [1.29, 1.82) is 0 Å². The van der Waals surface area contributed by atoms with Crippen molar-refractivity contribution >= 4 is 6.08 Å². The average molecular weight is 625 g/mol. The van der Waals surface area contributed by atoms with Gasteiger partial charge in [0.1, 0.15) is 0 Å². The van der Waals surface area contributed by atoms with Gasteiger partial charge in [0.15, 0.2) is 0 Å². The molecule has 0 spiro atoms. The quantitative estimate of drug-likeness (QED) is 0.183. The van der Waals surface area contributed by atoms with Gasteiger partial charge in [-0.15, -0.1) is 0 Å². The Kier molecular flexibility index (Phi) is 6.15. The molecule has 1 atom stereocenters. The summed E-state index contributed by atoms with van der Waals surface area (Å²) in [6, 6.07) is 47.7. The summed E-state index contributed by atoms with van der Waals surface area (Å²) in [7, 11) is 0. The molecule has 10 rings (SSSR count). The second-order valence-corrected chi connectivity index (χ2v) is 14.5. The molecule has 4 aliphatic rings. The average Bonchev–Trinajstić information content (AvgIpc) is 3.39. The summed E-state index contributed by atoms with van der Waals surface area (Å²) < 4.78 is 0. The minimum Gasteiger partial charge on any atom is -0.0759 e. The van der Waals surface area contributed by atoms with Gasteiger partial charge in [0, 0.05) is 11.3 Å². The van der Waals surface area contributed by atoms with E-state index in [1.54, 1.807) is 0 Å². The van der Waals surface area contributed by atoms with Crippen LogP contribution in [0.25, 0.3) is 61.7 Å². The standard InChI is InChI=1S/C49H36/c1-49(2)45-9-4-3-8-42(45)43-28-26-40(30-46(43)49)35-16-14-33(15-17-35)31-10-12-32(13-11-31)34-18-20-36(21-19-34)41-27-24-39-23-22-37-6-5-7-38-25-29-44(41)48(39)47(37)38/h3-28,30,47H,29H2,1-2H3. The number of fused-ring (bicyclic) bond motifs is 3. The van der Waals surface area contributed by atoms with Crippen molar-refractivity contribution < 1.29 is 0 Å². The van der Waals surface area contributed by atoms with Gasteiger partial charge in [-0.2, -0.15) is 0 Å². The van der Waals surface area contributed by atoms with Crippen molar-refractivity contribution in [3.05, 3.63) is 197 Å². The van der Waals surface area contributed by atoms with Crippen LogP contribution in [0.15, 0.2) is 169 Å². The van der Waals surface area contributed by atoms with Gasteiger partial charge in [-0.05, 0) is 107 Å². The summed E-state index contributed by atoms with van der Waals surface area (Å²) in [5, 5.41) is 0. The maximum absolute atomic E-state index is 2.43. The molecule has 0 bridgehead atoms. The molecule has 0 radical (unpaired) electrons. The van der Waals surface area contributed by atoms with E-state index in [-0.39, 0.29) is 5.41 Å². The lowest BCUT2D eigenvalue weighted by Gasteiger charge is -2.34. The van der Waals surface area contributed by atoms with Crippen molar-refractivity contribution in [1.82, 2.24) is 0 Å². The van der Waals surface area contributed by atoms with Crippen LogP contribution in [0, 0.1) is 0 Å². The zero-order valence-corrected chi connectivity index (χ0v) is 27.9. The molecule has 0 heterocycles. The summed E-state index contributed by atoms with van der Waals surface area (Å²) in [6.45, 7) is 4.69. The number of hydrogen-bond acceptors (Lipinski definition) is 0. The van der Waals surface area contributed by atoms with E-state index in [4.69, 9.17) is 0 Å².